The van der Waals surface area contributed by atoms with Crippen molar-refractivity contribution in [1.29, 1.82) is 0 Å². The first kappa shape index (κ1) is 18.1. The molecule has 2 aromatic carbocycles. The van der Waals surface area contributed by atoms with Gasteiger partial charge in [0.05, 0.1) is 10.6 Å². The zero-order valence-corrected chi connectivity index (χ0v) is 14.7. The summed E-state index contributed by atoms with van der Waals surface area (Å²) >= 11 is 11.8. The Balaban J connectivity index is 2.01. The van der Waals surface area contributed by atoms with Gasteiger partial charge in [0.25, 0.3) is 11.8 Å². The number of halogens is 2. The Bertz CT molecular complexity index is 778. The summed E-state index contributed by atoms with van der Waals surface area (Å²) in [6.45, 7) is 1.67. The third-order valence-corrected chi connectivity index (χ3v) is 3.78. The third kappa shape index (κ3) is 4.63. The van der Waals surface area contributed by atoms with E-state index in [1.807, 2.05) is 6.92 Å². The van der Waals surface area contributed by atoms with Crippen LogP contribution in [0.2, 0.25) is 10.0 Å². The third-order valence-electron chi connectivity index (χ3n) is 3.22. The van der Waals surface area contributed by atoms with Gasteiger partial charge < -0.3 is 15.4 Å². The zero-order chi connectivity index (χ0) is 17.7. The predicted octanol–water partition coefficient (Wildman–Crippen LogP) is 3.68. The first-order chi connectivity index (χ1) is 11.4. The van der Waals surface area contributed by atoms with Crippen LogP contribution in [-0.2, 0) is 4.79 Å². The molecule has 0 aromatic heterocycles. The second-order valence-corrected chi connectivity index (χ2v) is 5.86. The SMILES string of the molecule is CNC(=O)c1cc(NC(=O)COc2ccc(Cl)cc2C)ccc1Cl. The molecule has 0 saturated heterocycles. The monoisotopic (exact) mass is 366 g/mol. The number of carbonyl (C=O) groups is 2. The molecule has 0 aliphatic rings. The van der Waals surface area contributed by atoms with Crippen LogP contribution in [0.15, 0.2) is 36.4 Å². The molecule has 2 amide bonds. The molecule has 0 bridgehead atoms. The molecule has 2 aromatic rings. The van der Waals surface area contributed by atoms with Gasteiger partial charge in [0.15, 0.2) is 6.61 Å². The number of aryl methyl sites for hydroxylation is 1. The highest BCUT2D eigenvalue weighted by Crippen LogP contribution is 2.22. The van der Waals surface area contributed by atoms with Gasteiger partial charge in [-0.05, 0) is 48.9 Å². The van der Waals surface area contributed by atoms with Crippen LogP contribution < -0.4 is 15.4 Å². The van der Waals surface area contributed by atoms with E-state index in [-0.39, 0.29) is 24.0 Å². The molecule has 0 saturated carbocycles. The Morgan fingerprint density at radius 1 is 1.12 bits per heavy atom. The van der Waals surface area contributed by atoms with Crippen molar-refractivity contribution < 1.29 is 14.3 Å². The van der Waals surface area contributed by atoms with Crippen LogP contribution in [0.5, 0.6) is 5.75 Å². The molecule has 0 radical (unpaired) electrons. The van der Waals surface area contributed by atoms with Gasteiger partial charge in [-0.15, -0.1) is 0 Å². The second-order valence-electron chi connectivity index (χ2n) is 5.02. The van der Waals surface area contributed by atoms with E-state index in [4.69, 9.17) is 27.9 Å². The highest BCUT2D eigenvalue weighted by Gasteiger charge is 2.11. The lowest BCUT2D eigenvalue weighted by Crippen LogP contribution is -2.21. The number of nitrogens with one attached hydrogen (secondary N) is 2. The van der Waals surface area contributed by atoms with Gasteiger partial charge in [-0.2, -0.15) is 0 Å². The molecule has 0 aliphatic carbocycles. The largest absolute Gasteiger partial charge is 0.483 e. The van der Waals surface area contributed by atoms with Gasteiger partial charge >= 0.3 is 0 Å². The topological polar surface area (TPSA) is 67.4 Å². The van der Waals surface area contributed by atoms with Gasteiger partial charge in [-0.3, -0.25) is 9.59 Å². The highest BCUT2D eigenvalue weighted by atomic mass is 35.5. The molecule has 24 heavy (non-hydrogen) atoms. The Morgan fingerprint density at radius 2 is 1.88 bits per heavy atom. The summed E-state index contributed by atoms with van der Waals surface area (Å²) < 4.78 is 5.47. The molecule has 7 heteroatoms. The maximum Gasteiger partial charge on any atom is 0.262 e. The van der Waals surface area contributed by atoms with Gasteiger partial charge in [-0.1, -0.05) is 23.2 Å². The van der Waals surface area contributed by atoms with Crippen molar-refractivity contribution in [2.45, 2.75) is 6.92 Å². The maximum atomic E-state index is 12.0. The lowest BCUT2D eigenvalue weighted by Gasteiger charge is -2.11. The van der Waals surface area contributed by atoms with Crippen molar-refractivity contribution >= 4 is 40.7 Å². The van der Waals surface area contributed by atoms with Crippen LogP contribution in [-0.4, -0.2) is 25.5 Å². The number of anilines is 1. The first-order valence-electron chi connectivity index (χ1n) is 7.11. The normalized spacial score (nSPS) is 10.2. The molecule has 0 aliphatic heterocycles. The van der Waals surface area contributed by atoms with E-state index in [2.05, 4.69) is 10.6 Å². The van der Waals surface area contributed by atoms with Gasteiger partial charge in [0.1, 0.15) is 5.75 Å². The molecule has 0 fully saturated rings. The van der Waals surface area contributed by atoms with Crippen LogP contribution in [0.4, 0.5) is 5.69 Å². The molecule has 0 atom stereocenters. The number of amides is 2. The molecule has 2 rings (SSSR count). The molecule has 5 nitrogen and oxygen atoms in total. The Morgan fingerprint density at radius 3 is 2.54 bits per heavy atom. The van der Waals surface area contributed by atoms with E-state index < -0.39 is 0 Å². The zero-order valence-electron chi connectivity index (χ0n) is 13.2. The second kappa shape index (κ2) is 8.04. The molecule has 0 heterocycles. The minimum atomic E-state index is -0.352. The fourth-order valence-corrected chi connectivity index (χ4v) is 2.46. The fourth-order valence-electron chi connectivity index (χ4n) is 2.03. The van der Waals surface area contributed by atoms with Crippen molar-refractivity contribution in [1.82, 2.24) is 5.32 Å². The van der Waals surface area contributed by atoms with E-state index in [0.29, 0.717) is 21.5 Å². The number of ether oxygens (including phenoxy) is 1. The van der Waals surface area contributed by atoms with Crippen LogP contribution in [0.1, 0.15) is 15.9 Å². The van der Waals surface area contributed by atoms with E-state index in [9.17, 15) is 9.59 Å². The summed E-state index contributed by atoms with van der Waals surface area (Å²) in [5.74, 6) is -0.102. The molecule has 0 spiro atoms. The van der Waals surface area contributed by atoms with Gasteiger partial charge in [-0.25, -0.2) is 0 Å². The van der Waals surface area contributed by atoms with E-state index in [0.717, 1.165) is 5.56 Å². The number of hydrogen-bond acceptors (Lipinski definition) is 3. The number of benzene rings is 2. The summed E-state index contributed by atoms with van der Waals surface area (Å²) in [6.07, 6.45) is 0. The smallest absolute Gasteiger partial charge is 0.262 e. The van der Waals surface area contributed by atoms with E-state index in [1.54, 1.807) is 30.3 Å². The van der Waals surface area contributed by atoms with Crippen LogP contribution >= 0.6 is 23.2 Å². The standard InChI is InChI=1S/C17H16Cl2N2O3/c1-10-7-11(18)3-6-15(10)24-9-16(22)21-12-4-5-14(19)13(8-12)17(23)20-2/h3-8H,9H2,1-2H3,(H,20,23)(H,21,22). The molecular weight excluding hydrogens is 351 g/mol. The molecule has 126 valence electrons. The summed E-state index contributed by atoms with van der Waals surface area (Å²) in [5.41, 5.74) is 1.58. The lowest BCUT2D eigenvalue weighted by atomic mass is 10.2. The number of hydrogen-bond donors (Lipinski definition) is 2. The first-order valence-corrected chi connectivity index (χ1v) is 7.86. The minimum absolute atomic E-state index is 0.166. The van der Waals surface area contributed by atoms with Gasteiger partial charge in [0.2, 0.25) is 0 Å². The maximum absolute atomic E-state index is 12.0. The van der Waals surface area contributed by atoms with Crippen LogP contribution in [0.3, 0.4) is 0 Å². The number of carbonyl (C=O) groups excluding carboxylic acids is 2. The van der Waals surface area contributed by atoms with E-state index >= 15 is 0 Å². The van der Waals surface area contributed by atoms with Gasteiger partial charge in [0, 0.05) is 17.8 Å². The van der Waals surface area contributed by atoms with Crippen molar-refractivity contribution in [2.24, 2.45) is 0 Å². The van der Waals surface area contributed by atoms with Crippen LogP contribution in [0, 0.1) is 6.92 Å². The Kier molecular flexibility index (Phi) is 6.06. The quantitative estimate of drug-likeness (QED) is 0.847. The summed E-state index contributed by atoms with van der Waals surface area (Å²) in [6, 6.07) is 9.82. The average Bonchev–Trinajstić information content (AvgIpc) is 2.55. The van der Waals surface area contributed by atoms with Crippen molar-refractivity contribution in [2.75, 3.05) is 19.0 Å². The van der Waals surface area contributed by atoms with Crippen LogP contribution in [0.25, 0.3) is 0 Å². The minimum Gasteiger partial charge on any atom is -0.483 e. The van der Waals surface area contributed by atoms with Crippen molar-refractivity contribution in [3.8, 4) is 5.75 Å². The summed E-state index contributed by atoms with van der Waals surface area (Å²) in [4.78, 5) is 23.7. The Labute approximate surface area is 149 Å². The molecular formula is C17H16Cl2N2O3. The van der Waals surface area contributed by atoms with E-state index in [1.165, 1.54) is 13.1 Å². The Hall–Kier alpha value is -2.24. The lowest BCUT2D eigenvalue weighted by molar-refractivity contribution is -0.118. The van der Waals surface area contributed by atoms with Crippen molar-refractivity contribution in [3.05, 3.63) is 57.6 Å². The number of rotatable bonds is 5. The summed E-state index contributed by atoms with van der Waals surface area (Å²) in [7, 11) is 1.51. The predicted molar refractivity (Wildman–Crippen MR) is 95.2 cm³/mol. The highest BCUT2D eigenvalue weighted by molar-refractivity contribution is 6.34. The molecule has 0 unspecified atom stereocenters. The van der Waals surface area contributed by atoms with Crippen molar-refractivity contribution in [3.63, 3.8) is 0 Å². The molecule has 2 N–H and O–H groups in total. The fraction of sp³-hybridized carbons (Fsp3) is 0.176. The summed E-state index contributed by atoms with van der Waals surface area (Å²) in [5, 5.41) is 6.06. The average molecular weight is 367 g/mol.